The third-order valence-electron chi connectivity index (χ3n) is 9.83. The maximum absolute atomic E-state index is 13.0. The van der Waals surface area contributed by atoms with Crippen molar-refractivity contribution >= 4 is 29.1 Å². The Kier molecular flexibility index (Phi) is 4.31. The van der Waals surface area contributed by atoms with Crippen LogP contribution < -0.4 is 0 Å². The number of rotatable bonds is 3. The van der Waals surface area contributed by atoms with Gasteiger partial charge < -0.3 is 4.74 Å². The summed E-state index contributed by atoms with van der Waals surface area (Å²) >= 11 is 6.83. The van der Waals surface area contributed by atoms with Crippen molar-refractivity contribution in [2.45, 2.75) is 71.8 Å². The summed E-state index contributed by atoms with van der Waals surface area (Å²) in [5.74, 6) is 1.32. The van der Waals surface area contributed by atoms with Gasteiger partial charge in [-0.15, -0.1) is 0 Å². The van der Waals surface area contributed by atoms with Crippen LogP contribution in [0.25, 0.3) is 0 Å². The lowest BCUT2D eigenvalue weighted by Gasteiger charge is -2.58. The number of halogens is 1. The molecule has 5 aliphatic carbocycles. The summed E-state index contributed by atoms with van der Waals surface area (Å²) in [4.78, 5) is 37.4. The van der Waals surface area contributed by atoms with Crippen LogP contribution in [0.4, 0.5) is 0 Å². The molecule has 3 fully saturated rings. The molecule has 0 aromatic carbocycles. The number of ketones is 2. The molecule has 0 aromatic rings. The number of hydrogen-bond acceptors (Lipinski definition) is 4. The number of carbonyl (C=O) groups is 3. The minimum Gasteiger partial charge on any atom is -0.451 e. The van der Waals surface area contributed by atoms with E-state index in [1.165, 1.54) is 6.92 Å². The fraction of sp³-hybridized carbons (Fsp3) is 0.720. The van der Waals surface area contributed by atoms with E-state index in [1.807, 2.05) is 6.08 Å². The molecule has 0 N–H and O–H groups in total. The van der Waals surface area contributed by atoms with Gasteiger partial charge >= 0.3 is 5.97 Å². The summed E-state index contributed by atoms with van der Waals surface area (Å²) in [6, 6.07) is 0. The van der Waals surface area contributed by atoms with Crippen LogP contribution in [0.5, 0.6) is 0 Å². The van der Waals surface area contributed by atoms with Gasteiger partial charge in [0.1, 0.15) is 0 Å². The summed E-state index contributed by atoms with van der Waals surface area (Å²) in [5.41, 5.74) is -0.401. The molecule has 0 saturated heterocycles. The molecule has 5 aliphatic rings. The van der Waals surface area contributed by atoms with Crippen LogP contribution in [-0.2, 0) is 19.1 Å². The first-order valence-electron chi connectivity index (χ1n) is 11.5. The Hall–Kier alpha value is -1.42. The molecular weight excluding hydrogens is 400 g/mol. The fourth-order valence-electron chi connectivity index (χ4n) is 8.51. The predicted octanol–water partition coefficient (Wildman–Crippen LogP) is 5.00. The highest BCUT2D eigenvalue weighted by atomic mass is 35.5. The zero-order chi connectivity index (χ0) is 21.6. The van der Waals surface area contributed by atoms with Gasteiger partial charge in [-0.05, 0) is 80.8 Å². The SMILES string of the molecule is CC[C@]12CC[C@@H]3[C@@H](C=C(Cl)C4=CC(=O)C5CC5[C@]43C)[C@@H]1CC[C@@]2(OC(C)=O)C(C)=O. The first kappa shape index (κ1) is 20.5. The molecule has 162 valence electrons. The molecule has 0 bridgehead atoms. The van der Waals surface area contributed by atoms with E-state index < -0.39 is 5.60 Å². The van der Waals surface area contributed by atoms with Crippen molar-refractivity contribution < 1.29 is 19.1 Å². The van der Waals surface area contributed by atoms with E-state index in [4.69, 9.17) is 16.3 Å². The molecule has 3 saturated carbocycles. The maximum Gasteiger partial charge on any atom is 0.303 e. The number of allylic oxidation sites excluding steroid dienone is 4. The Bertz CT molecular complexity index is 918. The minimum absolute atomic E-state index is 0.0243. The molecule has 4 nitrogen and oxygen atoms in total. The van der Waals surface area contributed by atoms with E-state index in [9.17, 15) is 14.4 Å². The summed E-state index contributed by atoms with van der Waals surface area (Å²) in [6.07, 6.45) is 9.08. The second kappa shape index (κ2) is 6.31. The lowest BCUT2D eigenvalue weighted by Crippen LogP contribution is -2.59. The van der Waals surface area contributed by atoms with Crippen LogP contribution in [0.3, 0.4) is 0 Å². The van der Waals surface area contributed by atoms with Crippen molar-refractivity contribution in [3.8, 4) is 0 Å². The molecule has 8 atom stereocenters. The average Bonchev–Trinajstić information content (AvgIpc) is 3.43. The first-order chi connectivity index (χ1) is 14.1. The van der Waals surface area contributed by atoms with Crippen molar-refractivity contribution in [1.82, 2.24) is 0 Å². The van der Waals surface area contributed by atoms with Crippen molar-refractivity contribution in [3.05, 3.63) is 22.8 Å². The molecule has 0 aromatic heterocycles. The Balaban J connectivity index is 1.62. The van der Waals surface area contributed by atoms with E-state index in [0.717, 1.165) is 42.7 Å². The topological polar surface area (TPSA) is 60.4 Å². The summed E-state index contributed by atoms with van der Waals surface area (Å²) in [6.45, 7) is 7.45. The standard InChI is InChI=1S/C25H31ClO4/c1-5-24-8-6-17-15(18(24)7-9-25(24,13(2)27)30-14(3)28)11-21(26)20-12-22(29)16-10-19(16)23(17,20)4/h11-12,15-19H,5-10H2,1-4H3/t15-,16?,17-,18+,19?,23-,24+,25-/m1/s1. The zero-order valence-electron chi connectivity index (χ0n) is 18.3. The van der Waals surface area contributed by atoms with Crippen LogP contribution in [0.15, 0.2) is 22.8 Å². The smallest absolute Gasteiger partial charge is 0.303 e. The molecule has 0 amide bonds. The van der Waals surface area contributed by atoms with Crippen molar-refractivity contribution in [2.75, 3.05) is 0 Å². The second-order valence-electron chi connectivity index (χ2n) is 10.6. The second-order valence-corrected chi connectivity index (χ2v) is 11.0. The molecule has 30 heavy (non-hydrogen) atoms. The molecule has 0 aliphatic heterocycles. The number of carbonyl (C=O) groups excluding carboxylic acids is 3. The van der Waals surface area contributed by atoms with Crippen LogP contribution >= 0.6 is 11.6 Å². The molecule has 0 radical (unpaired) electrons. The van der Waals surface area contributed by atoms with Crippen molar-refractivity contribution in [1.29, 1.82) is 0 Å². The van der Waals surface area contributed by atoms with E-state index in [2.05, 4.69) is 19.9 Å². The minimum atomic E-state index is -1.02. The fourth-order valence-corrected chi connectivity index (χ4v) is 8.91. The summed E-state index contributed by atoms with van der Waals surface area (Å²) < 4.78 is 5.91. The number of Topliss-reactive ketones (excluding diaryl/α,β-unsaturated/α-hetero) is 1. The van der Waals surface area contributed by atoms with Gasteiger partial charge in [-0.1, -0.05) is 31.5 Å². The highest BCUT2D eigenvalue weighted by molar-refractivity contribution is 6.32. The van der Waals surface area contributed by atoms with Crippen LogP contribution in [0.1, 0.15) is 66.2 Å². The lowest BCUT2D eigenvalue weighted by atomic mass is 9.46. The summed E-state index contributed by atoms with van der Waals surface area (Å²) in [7, 11) is 0. The van der Waals surface area contributed by atoms with Crippen LogP contribution in [0.2, 0.25) is 0 Å². The van der Waals surface area contributed by atoms with Gasteiger partial charge in [0.05, 0.1) is 0 Å². The Labute approximate surface area is 183 Å². The molecule has 5 heteroatoms. The highest BCUT2D eigenvalue weighted by Gasteiger charge is 2.71. The third-order valence-corrected chi connectivity index (χ3v) is 10.2. The molecule has 0 spiro atoms. The third kappa shape index (κ3) is 2.27. The normalized spacial score (nSPS) is 48.4. The summed E-state index contributed by atoms with van der Waals surface area (Å²) in [5, 5.41) is 0.720. The molecular formula is C25H31ClO4. The van der Waals surface area contributed by atoms with Gasteiger partial charge in [0.15, 0.2) is 17.2 Å². The lowest BCUT2D eigenvalue weighted by molar-refractivity contribution is -0.188. The maximum atomic E-state index is 13.0. The van der Waals surface area contributed by atoms with Crippen LogP contribution in [0, 0.1) is 40.4 Å². The van der Waals surface area contributed by atoms with Gasteiger partial charge in [0.2, 0.25) is 0 Å². The van der Waals surface area contributed by atoms with E-state index >= 15 is 0 Å². The van der Waals surface area contributed by atoms with E-state index in [0.29, 0.717) is 18.3 Å². The zero-order valence-corrected chi connectivity index (χ0v) is 19.1. The highest BCUT2D eigenvalue weighted by Crippen LogP contribution is 2.73. The van der Waals surface area contributed by atoms with Gasteiger partial charge in [0.25, 0.3) is 0 Å². The quantitative estimate of drug-likeness (QED) is 0.591. The Morgan fingerprint density at radius 3 is 2.50 bits per heavy atom. The van der Waals surface area contributed by atoms with Crippen molar-refractivity contribution in [3.63, 3.8) is 0 Å². The number of fused-ring (bicyclic) bond motifs is 7. The van der Waals surface area contributed by atoms with Gasteiger partial charge in [-0.25, -0.2) is 0 Å². The molecule has 0 heterocycles. The predicted molar refractivity (Wildman–Crippen MR) is 114 cm³/mol. The molecule has 5 rings (SSSR count). The average molecular weight is 431 g/mol. The Morgan fingerprint density at radius 2 is 1.87 bits per heavy atom. The molecule has 2 unspecified atom stereocenters. The van der Waals surface area contributed by atoms with Crippen molar-refractivity contribution in [2.24, 2.45) is 40.4 Å². The monoisotopic (exact) mass is 430 g/mol. The van der Waals surface area contributed by atoms with Gasteiger partial charge in [0, 0.05) is 28.7 Å². The first-order valence-corrected chi connectivity index (χ1v) is 11.8. The number of hydrogen-bond donors (Lipinski definition) is 0. The van der Waals surface area contributed by atoms with Crippen LogP contribution in [-0.4, -0.2) is 23.1 Å². The number of esters is 1. The largest absolute Gasteiger partial charge is 0.451 e. The Morgan fingerprint density at radius 1 is 1.17 bits per heavy atom. The van der Waals surface area contributed by atoms with Gasteiger partial charge in [-0.3, -0.25) is 14.4 Å². The van der Waals surface area contributed by atoms with Gasteiger partial charge in [-0.2, -0.15) is 0 Å². The van der Waals surface area contributed by atoms with E-state index in [1.54, 1.807) is 6.92 Å². The number of ether oxygens (including phenoxy) is 1. The van der Waals surface area contributed by atoms with E-state index in [-0.39, 0.29) is 46.1 Å².